The first-order chi connectivity index (χ1) is 13.6. The smallest absolute Gasteiger partial charge is 0.191 e. The SMILES string of the molecule is CCNC(=NCc1ccc(CN2CCN(C)CC2)cc1)NCc1sccc1C.I. The van der Waals surface area contributed by atoms with E-state index in [4.69, 9.17) is 4.99 Å². The lowest BCUT2D eigenvalue weighted by Crippen LogP contribution is -2.43. The van der Waals surface area contributed by atoms with Crippen LogP contribution in [0.1, 0.15) is 28.5 Å². The van der Waals surface area contributed by atoms with E-state index >= 15 is 0 Å². The minimum absolute atomic E-state index is 0. The van der Waals surface area contributed by atoms with Crippen LogP contribution in [0.4, 0.5) is 0 Å². The van der Waals surface area contributed by atoms with Crippen LogP contribution in [0.5, 0.6) is 0 Å². The number of rotatable bonds is 7. The first-order valence-electron chi connectivity index (χ1n) is 10.2. The summed E-state index contributed by atoms with van der Waals surface area (Å²) in [7, 11) is 2.20. The van der Waals surface area contributed by atoms with Crippen LogP contribution in [0.2, 0.25) is 0 Å². The number of thiophene rings is 1. The topological polar surface area (TPSA) is 42.9 Å². The molecule has 2 N–H and O–H groups in total. The van der Waals surface area contributed by atoms with Crippen LogP contribution in [0.15, 0.2) is 40.7 Å². The summed E-state index contributed by atoms with van der Waals surface area (Å²) in [6.07, 6.45) is 0. The predicted molar refractivity (Wildman–Crippen MR) is 135 cm³/mol. The van der Waals surface area contributed by atoms with Crippen molar-refractivity contribution in [3.8, 4) is 0 Å². The molecule has 1 aliphatic rings. The zero-order valence-corrected chi connectivity index (χ0v) is 20.9. The molecule has 2 aromatic rings. The molecule has 7 heteroatoms. The van der Waals surface area contributed by atoms with Gasteiger partial charge in [-0.05, 0) is 49.0 Å². The summed E-state index contributed by atoms with van der Waals surface area (Å²) in [5.74, 6) is 0.872. The van der Waals surface area contributed by atoms with Gasteiger partial charge in [-0.3, -0.25) is 4.90 Å². The van der Waals surface area contributed by atoms with Crippen molar-refractivity contribution in [1.29, 1.82) is 0 Å². The number of hydrogen-bond acceptors (Lipinski definition) is 4. The Morgan fingerprint density at radius 1 is 1.03 bits per heavy atom. The number of nitrogens with zero attached hydrogens (tertiary/aromatic N) is 3. The number of hydrogen-bond donors (Lipinski definition) is 2. The Bertz CT molecular complexity index is 751. The van der Waals surface area contributed by atoms with Crippen molar-refractivity contribution in [2.75, 3.05) is 39.8 Å². The van der Waals surface area contributed by atoms with E-state index in [1.807, 2.05) is 0 Å². The Kier molecular flexibility index (Phi) is 10.4. The van der Waals surface area contributed by atoms with Crippen LogP contribution in [0, 0.1) is 6.92 Å². The van der Waals surface area contributed by atoms with Crippen molar-refractivity contribution < 1.29 is 0 Å². The average molecular weight is 528 g/mol. The van der Waals surface area contributed by atoms with Crippen molar-refractivity contribution in [3.63, 3.8) is 0 Å². The van der Waals surface area contributed by atoms with Gasteiger partial charge in [0.15, 0.2) is 5.96 Å². The van der Waals surface area contributed by atoms with Gasteiger partial charge in [0.05, 0.1) is 13.1 Å². The Hall–Kier alpha value is -1.16. The van der Waals surface area contributed by atoms with E-state index in [-0.39, 0.29) is 24.0 Å². The Balaban J connectivity index is 0.00000300. The summed E-state index contributed by atoms with van der Waals surface area (Å²) < 4.78 is 0. The number of halogens is 1. The molecule has 1 saturated heterocycles. The molecule has 1 aromatic carbocycles. The molecule has 3 rings (SSSR count). The molecule has 160 valence electrons. The van der Waals surface area contributed by atoms with E-state index < -0.39 is 0 Å². The molecule has 0 spiro atoms. The summed E-state index contributed by atoms with van der Waals surface area (Å²) in [6, 6.07) is 11.1. The second kappa shape index (κ2) is 12.5. The number of guanidine groups is 1. The van der Waals surface area contributed by atoms with E-state index in [1.165, 1.54) is 21.6 Å². The molecule has 29 heavy (non-hydrogen) atoms. The normalized spacial score (nSPS) is 15.8. The summed E-state index contributed by atoms with van der Waals surface area (Å²) in [5, 5.41) is 8.92. The number of aryl methyl sites for hydroxylation is 1. The van der Waals surface area contributed by atoms with Gasteiger partial charge < -0.3 is 15.5 Å². The van der Waals surface area contributed by atoms with Crippen LogP contribution in [-0.4, -0.2) is 55.5 Å². The number of nitrogens with one attached hydrogen (secondary N) is 2. The molecule has 2 heterocycles. The third kappa shape index (κ3) is 7.88. The van der Waals surface area contributed by atoms with Crippen molar-refractivity contribution in [1.82, 2.24) is 20.4 Å². The lowest BCUT2D eigenvalue weighted by molar-refractivity contribution is 0.148. The Morgan fingerprint density at radius 3 is 2.34 bits per heavy atom. The van der Waals surface area contributed by atoms with E-state index in [2.05, 4.69) is 77.0 Å². The zero-order valence-electron chi connectivity index (χ0n) is 17.8. The summed E-state index contributed by atoms with van der Waals surface area (Å²) in [5.41, 5.74) is 3.96. The van der Waals surface area contributed by atoms with E-state index in [0.717, 1.165) is 51.8 Å². The highest BCUT2D eigenvalue weighted by atomic mass is 127. The zero-order chi connectivity index (χ0) is 19.8. The third-order valence-electron chi connectivity index (χ3n) is 5.17. The molecule has 0 aliphatic carbocycles. The van der Waals surface area contributed by atoms with Gasteiger partial charge in [-0.25, -0.2) is 4.99 Å². The first-order valence-corrected chi connectivity index (χ1v) is 11.1. The van der Waals surface area contributed by atoms with Gasteiger partial charge in [0, 0.05) is 44.1 Å². The van der Waals surface area contributed by atoms with Gasteiger partial charge in [-0.2, -0.15) is 0 Å². The molecule has 0 amide bonds. The van der Waals surface area contributed by atoms with Crippen molar-refractivity contribution >= 4 is 41.3 Å². The van der Waals surface area contributed by atoms with E-state index in [9.17, 15) is 0 Å². The molecular weight excluding hydrogens is 493 g/mol. The van der Waals surface area contributed by atoms with Crippen molar-refractivity contribution in [2.45, 2.75) is 33.5 Å². The maximum absolute atomic E-state index is 4.75. The van der Waals surface area contributed by atoms with Gasteiger partial charge in [0.2, 0.25) is 0 Å². The maximum atomic E-state index is 4.75. The van der Waals surface area contributed by atoms with Gasteiger partial charge in [-0.15, -0.1) is 35.3 Å². The highest BCUT2D eigenvalue weighted by Gasteiger charge is 2.13. The highest BCUT2D eigenvalue weighted by Crippen LogP contribution is 2.15. The van der Waals surface area contributed by atoms with Gasteiger partial charge in [0.25, 0.3) is 0 Å². The molecule has 1 fully saturated rings. The van der Waals surface area contributed by atoms with Crippen LogP contribution in [0.3, 0.4) is 0 Å². The molecule has 1 aromatic heterocycles. The van der Waals surface area contributed by atoms with Gasteiger partial charge >= 0.3 is 0 Å². The van der Waals surface area contributed by atoms with Crippen molar-refractivity contribution in [3.05, 3.63) is 57.3 Å². The van der Waals surface area contributed by atoms with Crippen molar-refractivity contribution in [2.24, 2.45) is 4.99 Å². The van der Waals surface area contributed by atoms with Gasteiger partial charge in [0.1, 0.15) is 0 Å². The second-order valence-corrected chi connectivity index (χ2v) is 8.47. The third-order valence-corrected chi connectivity index (χ3v) is 6.20. The summed E-state index contributed by atoms with van der Waals surface area (Å²) in [4.78, 5) is 11.0. The molecule has 0 atom stereocenters. The minimum atomic E-state index is 0. The summed E-state index contributed by atoms with van der Waals surface area (Å²) >= 11 is 1.79. The Labute approximate surface area is 196 Å². The van der Waals surface area contributed by atoms with E-state index in [0.29, 0.717) is 6.54 Å². The number of benzene rings is 1. The Morgan fingerprint density at radius 2 is 1.72 bits per heavy atom. The van der Waals surface area contributed by atoms with Crippen LogP contribution in [-0.2, 0) is 19.6 Å². The summed E-state index contributed by atoms with van der Waals surface area (Å²) in [6.45, 7) is 12.3. The molecule has 0 saturated carbocycles. The fourth-order valence-electron chi connectivity index (χ4n) is 3.28. The standard InChI is InChI=1S/C22H33N5S.HI/c1-4-23-22(25-16-21-18(2)9-14-28-21)24-15-19-5-7-20(8-6-19)17-27-12-10-26(3)11-13-27;/h5-9,14H,4,10-13,15-17H2,1-3H3,(H2,23,24,25);1H. The number of likely N-dealkylation sites (N-methyl/N-ethyl adjacent to an activating group) is 1. The predicted octanol–water partition coefficient (Wildman–Crippen LogP) is 3.68. The maximum Gasteiger partial charge on any atom is 0.191 e. The van der Waals surface area contributed by atoms with Gasteiger partial charge in [-0.1, -0.05) is 24.3 Å². The number of aliphatic imine (C=N–C) groups is 1. The van der Waals surface area contributed by atoms with Crippen LogP contribution in [0.25, 0.3) is 0 Å². The molecule has 1 aliphatic heterocycles. The molecule has 0 radical (unpaired) electrons. The molecule has 0 unspecified atom stereocenters. The molecule has 0 bridgehead atoms. The lowest BCUT2D eigenvalue weighted by Gasteiger charge is -2.32. The fraction of sp³-hybridized carbons (Fsp3) is 0.500. The monoisotopic (exact) mass is 527 g/mol. The highest BCUT2D eigenvalue weighted by molar-refractivity contribution is 14.0. The lowest BCUT2D eigenvalue weighted by atomic mass is 10.1. The molecular formula is C22H34IN5S. The molecule has 5 nitrogen and oxygen atoms in total. The van der Waals surface area contributed by atoms with Crippen LogP contribution >= 0.6 is 35.3 Å². The average Bonchev–Trinajstić information content (AvgIpc) is 3.12. The quantitative estimate of drug-likeness (QED) is 0.328. The number of piperazine rings is 1. The van der Waals surface area contributed by atoms with E-state index in [1.54, 1.807) is 11.3 Å². The fourth-order valence-corrected chi connectivity index (χ4v) is 4.12. The van der Waals surface area contributed by atoms with Crippen LogP contribution < -0.4 is 10.6 Å². The minimum Gasteiger partial charge on any atom is -0.357 e. The first kappa shape index (κ1) is 24.1. The second-order valence-electron chi connectivity index (χ2n) is 7.47. The largest absolute Gasteiger partial charge is 0.357 e.